The van der Waals surface area contributed by atoms with Crippen LogP contribution < -0.4 is 10.6 Å². The second-order valence-corrected chi connectivity index (χ2v) is 3.93. The molecule has 1 aromatic carbocycles. The fraction of sp³-hybridized carbons (Fsp3) is 0.462. The lowest BCUT2D eigenvalue weighted by Crippen LogP contribution is -2.25. The number of carbonyl (C=O) groups is 1. The largest absolute Gasteiger partial charge is 0.326 e. The molecule has 1 amide bonds. The van der Waals surface area contributed by atoms with E-state index in [2.05, 4.69) is 6.92 Å². The lowest BCUT2D eigenvalue weighted by Gasteiger charge is -2.17. The maximum absolute atomic E-state index is 11.8. The molecule has 0 radical (unpaired) electrons. The number of anilines is 1. The summed E-state index contributed by atoms with van der Waals surface area (Å²) in [6, 6.07) is 7.79. The Bertz CT molecular complexity index is 332. The van der Waals surface area contributed by atoms with E-state index in [0.29, 0.717) is 13.0 Å². The van der Waals surface area contributed by atoms with Crippen LogP contribution in [0.4, 0.5) is 5.69 Å². The van der Waals surface area contributed by atoms with Gasteiger partial charge in [-0.15, -0.1) is 0 Å². The van der Waals surface area contributed by atoms with Crippen LogP contribution >= 0.6 is 0 Å². The molecule has 0 bridgehead atoms. The Morgan fingerprint density at radius 2 is 1.94 bits per heavy atom. The smallest absolute Gasteiger partial charge is 0.226 e. The van der Waals surface area contributed by atoms with Crippen LogP contribution in [0.15, 0.2) is 24.3 Å². The summed E-state index contributed by atoms with van der Waals surface area (Å²) in [4.78, 5) is 13.5. The monoisotopic (exact) mass is 220 g/mol. The molecule has 0 aliphatic carbocycles. The zero-order valence-electron chi connectivity index (χ0n) is 10.1. The number of carbonyl (C=O) groups excluding carboxylic acids is 1. The van der Waals surface area contributed by atoms with Crippen molar-refractivity contribution < 1.29 is 4.79 Å². The highest BCUT2D eigenvalue weighted by molar-refractivity contribution is 5.92. The molecule has 0 fully saturated rings. The number of nitrogens with zero attached hydrogens (tertiary/aromatic N) is 1. The zero-order chi connectivity index (χ0) is 12.0. The van der Waals surface area contributed by atoms with E-state index in [1.807, 2.05) is 31.3 Å². The van der Waals surface area contributed by atoms with Crippen molar-refractivity contribution in [2.75, 3.05) is 11.9 Å². The van der Waals surface area contributed by atoms with E-state index in [-0.39, 0.29) is 5.91 Å². The Hall–Kier alpha value is -1.35. The molecule has 3 nitrogen and oxygen atoms in total. The number of benzene rings is 1. The molecule has 1 rings (SSSR count). The van der Waals surface area contributed by atoms with Crippen LogP contribution in [0.5, 0.6) is 0 Å². The van der Waals surface area contributed by atoms with Crippen LogP contribution in [0.25, 0.3) is 0 Å². The standard InChI is InChI=1S/C13H20N2O/c1-3-4-5-13(16)15(2)12-8-6-11(10-14)7-9-12/h6-9H,3-5,10,14H2,1-2H3. The minimum atomic E-state index is 0.169. The molecule has 3 heteroatoms. The van der Waals surface area contributed by atoms with Gasteiger partial charge in [0.25, 0.3) is 0 Å². The van der Waals surface area contributed by atoms with Gasteiger partial charge in [-0.05, 0) is 24.1 Å². The Kier molecular flexibility index (Phi) is 4.99. The molecule has 16 heavy (non-hydrogen) atoms. The Morgan fingerprint density at radius 1 is 1.31 bits per heavy atom. The lowest BCUT2D eigenvalue weighted by molar-refractivity contribution is -0.118. The van der Waals surface area contributed by atoms with Crippen molar-refractivity contribution in [3.63, 3.8) is 0 Å². The van der Waals surface area contributed by atoms with Gasteiger partial charge in [0.05, 0.1) is 0 Å². The van der Waals surface area contributed by atoms with Crippen molar-refractivity contribution in [2.24, 2.45) is 5.73 Å². The number of rotatable bonds is 5. The van der Waals surface area contributed by atoms with Crippen LogP contribution in [0.1, 0.15) is 31.7 Å². The van der Waals surface area contributed by atoms with Crippen LogP contribution in [0.3, 0.4) is 0 Å². The summed E-state index contributed by atoms with van der Waals surface area (Å²) < 4.78 is 0. The van der Waals surface area contributed by atoms with Gasteiger partial charge < -0.3 is 10.6 Å². The minimum Gasteiger partial charge on any atom is -0.326 e. The summed E-state index contributed by atoms with van der Waals surface area (Å²) in [5, 5.41) is 0. The van der Waals surface area contributed by atoms with Crippen LogP contribution in [-0.4, -0.2) is 13.0 Å². The fourth-order valence-electron chi connectivity index (χ4n) is 1.50. The first-order chi connectivity index (χ1) is 7.69. The first-order valence-electron chi connectivity index (χ1n) is 5.74. The van der Waals surface area contributed by atoms with Crippen molar-refractivity contribution >= 4 is 11.6 Å². The summed E-state index contributed by atoms with van der Waals surface area (Å²) in [5.41, 5.74) is 7.53. The van der Waals surface area contributed by atoms with Crippen molar-refractivity contribution in [1.82, 2.24) is 0 Å². The second-order valence-electron chi connectivity index (χ2n) is 3.93. The van der Waals surface area contributed by atoms with E-state index < -0.39 is 0 Å². The van der Waals surface area contributed by atoms with E-state index in [1.54, 1.807) is 4.90 Å². The molecule has 0 saturated heterocycles. The molecule has 88 valence electrons. The van der Waals surface area contributed by atoms with Gasteiger partial charge in [-0.25, -0.2) is 0 Å². The van der Waals surface area contributed by atoms with Crippen molar-refractivity contribution in [2.45, 2.75) is 32.7 Å². The minimum absolute atomic E-state index is 0.169. The Labute approximate surface area is 97.2 Å². The highest BCUT2D eigenvalue weighted by atomic mass is 16.2. The van der Waals surface area contributed by atoms with E-state index in [9.17, 15) is 4.79 Å². The Morgan fingerprint density at radius 3 is 2.44 bits per heavy atom. The molecule has 0 aliphatic heterocycles. The molecule has 0 unspecified atom stereocenters. The maximum Gasteiger partial charge on any atom is 0.226 e. The molecular formula is C13H20N2O. The third-order valence-electron chi connectivity index (χ3n) is 2.68. The van der Waals surface area contributed by atoms with E-state index >= 15 is 0 Å². The average Bonchev–Trinajstić information content (AvgIpc) is 2.35. The zero-order valence-corrected chi connectivity index (χ0v) is 10.1. The van der Waals surface area contributed by atoms with Crippen molar-refractivity contribution in [3.8, 4) is 0 Å². The highest BCUT2D eigenvalue weighted by Crippen LogP contribution is 2.15. The van der Waals surface area contributed by atoms with Gasteiger partial charge in [0, 0.05) is 25.7 Å². The maximum atomic E-state index is 11.8. The first-order valence-corrected chi connectivity index (χ1v) is 5.74. The molecule has 0 atom stereocenters. The molecular weight excluding hydrogens is 200 g/mol. The molecule has 2 N–H and O–H groups in total. The number of hydrogen-bond acceptors (Lipinski definition) is 2. The van der Waals surface area contributed by atoms with Gasteiger partial charge in [0.2, 0.25) is 5.91 Å². The first kappa shape index (κ1) is 12.7. The quantitative estimate of drug-likeness (QED) is 0.827. The van der Waals surface area contributed by atoms with Gasteiger partial charge in [-0.1, -0.05) is 25.5 Å². The van der Waals surface area contributed by atoms with Crippen LogP contribution in [-0.2, 0) is 11.3 Å². The summed E-state index contributed by atoms with van der Waals surface area (Å²) in [5.74, 6) is 0.169. The topological polar surface area (TPSA) is 46.3 Å². The second kappa shape index (κ2) is 6.28. The van der Waals surface area contributed by atoms with E-state index in [4.69, 9.17) is 5.73 Å². The predicted octanol–water partition coefficient (Wildman–Crippen LogP) is 2.30. The molecule has 0 spiro atoms. The molecule has 0 aromatic heterocycles. The van der Waals surface area contributed by atoms with E-state index in [1.165, 1.54) is 0 Å². The third kappa shape index (κ3) is 3.35. The molecule has 0 aliphatic rings. The lowest BCUT2D eigenvalue weighted by atomic mass is 10.2. The third-order valence-corrected chi connectivity index (χ3v) is 2.68. The number of amides is 1. The highest BCUT2D eigenvalue weighted by Gasteiger charge is 2.09. The number of nitrogens with two attached hydrogens (primary N) is 1. The van der Waals surface area contributed by atoms with Crippen molar-refractivity contribution in [1.29, 1.82) is 0 Å². The SMILES string of the molecule is CCCCC(=O)N(C)c1ccc(CN)cc1. The summed E-state index contributed by atoms with van der Waals surface area (Å²) in [6.07, 6.45) is 2.61. The summed E-state index contributed by atoms with van der Waals surface area (Å²) in [7, 11) is 1.81. The van der Waals surface area contributed by atoms with Crippen LogP contribution in [0.2, 0.25) is 0 Å². The summed E-state index contributed by atoms with van der Waals surface area (Å²) >= 11 is 0. The summed E-state index contributed by atoms with van der Waals surface area (Å²) in [6.45, 7) is 2.62. The number of unbranched alkanes of at least 4 members (excludes halogenated alkanes) is 1. The average molecular weight is 220 g/mol. The number of hydrogen-bond donors (Lipinski definition) is 1. The predicted molar refractivity (Wildman–Crippen MR) is 67.3 cm³/mol. The van der Waals surface area contributed by atoms with Gasteiger partial charge in [0.15, 0.2) is 0 Å². The van der Waals surface area contributed by atoms with Gasteiger partial charge >= 0.3 is 0 Å². The van der Waals surface area contributed by atoms with Gasteiger partial charge in [-0.3, -0.25) is 4.79 Å². The van der Waals surface area contributed by atoms with Crippen molar-refractivity contribution in [3.05, 3.63) is 29.8 Å². The van der Waals surface area contributed by atoms with Gasteiger partial charge in [0.1, 0.15) is 0 Å². The molecule has 0 saturated carbocycles. The fourth-order valence-corrected chi connectivity index (χ4v) is 1.50. The Balaban J connectivity index is 2.64. The normalized spacial score (nSPS) is 10.2. The molecule has 0 heterocycles. The van der Waals surface area contributed by atoms with Crippen LogP contribution in [0, 0.1) is 0 Å². The molecule has 1 aromatic rings. The van der Waals surface area contributed by atoms with Gasteiger partial charge in [-0.2, -0.15) is 0 Å². The van der Waals surface area contributed by atoms with E-state index in [0.717, 1.165) is 24.1 Å².